The molecule has 430 valence electrons. The summed E-state index contributed by atoms with van der Waals surface area (Å²) in [5, 5.41) is 138. The third-order valence-electron chi connectivity index (χ3n) is 21.4. The normalized spacial score (nSPS) is 54.8. The first-order chi connectivity index (χ1) is 35.3. The summed E-state index contributed by atoms with van der Waals surface area (Å²) in [7, 11) is 0. The summed E-state index contributed by atoms with van der Waals surface area (Å²) < 4.78 is 48.8. The molecule has 9 rings (SSSR count). The Hall–Kier alpha value is -1.59. The van der Waals surface area contributed by atoms with Gasteiger partial charge in [0.1, 0.15) is 91.6 Å². The first kappa shape index (κ1) is 58.1. The highest BCUT2D eigenvalue weighted by Crippen LogP contribution is 2.76. The first-order valence-corrected chi connectivity index (χ1v) is 27.4. The lowest BCUT2D eigenvalue weighted by Gasteiger charge is -2.71. The molecular formula is C53H86O22. The minimum absolute atomic E-state index is 0.101. The van der Waals surface area contributed by atoms with Crippen LogP contribution in [0.2, 0.25) is 0 Å². The minimum atomic E-state index is -1.87. The van der Waals surface area contributed by atoms with Gasteiger partial charge in [-0.25, -0.2) is 0 Å². The molecule has 0 bridgehead atoms. The Morgan fingerprint density at radius 3 is 1.68 bits per heavy atom. The Balaban J connectivity index is 0.978. The van der Waals surface area contributed by atoms with Crippen molar-refractivity contribution >= 4 is 5.97 Å². The monoisotopic (exact) mass is 1070 g/mol. The average Bonchev–Trinajstić information content (AvgIpc) is 3.45. The van der Waals surface area contributed by atoms with Crippen LogP contribution in [0.3, 0.4) is 0 Å². The molecule has 4 saturated carbocycles. The van der Waals surface area contributed by atoms with Gasteiger partial charge in [-0.2, -0.15) is 0 Å². The number of hydrogen-bond donors (Lipinski definition) is 13. The lowest BCUT2D eigenvalue weighted by Crippen LogP contribution is -2.67. The fourth-order valence-electron chi connectivity index (χ4n) is 16.5. The summed E-state index contributed by atoms with van der Waals surface area (Å²) in [5.41, 5.74) is -0.943. The Morgan fingerprint density at radius 2 is 1.12 bits per heavy atom. The van der Waals surface area contributed by atoms with E-state index in [1.165, 1.54) is 5.57 Å². The number of aliphatic hydroxyl groups is 13. The molecule has 9 aliphatic rings. The van der Waals surface area contributed by atoms with Crippen molar-refractivity contribution in [1.82, 2.24) is 0 Å². The predicted octanol–water partition coefficient (Wildman–Crippen LogP) is -1.54. The van der Waals surface area contributed by atoms with Gasteiger partial charge in [0.25, 0.3) is 0 Å². The van der Waals surface area contributed by atoms with Gasteiger partial charge in [-0.1, -0.05) is 60.1 Å². The van der Waals surface area contributed by atoms with Gasteiger partial charge in [0, 0.05) is 0 Å². The van der Waals surface area contributed by atoms with E-state index in [1.54, 1.807) is 0 Å². The topological polar surface area (TPSA) is 354 Å². The third kappa shape index (κ3) is 9.31. The fourth-order valence-corrected chi connectivity index (χ4v) is 16.5. The Morgan fingerprint density at radius 1 is 0.587 bits per heavy atom. The van der Waals surface area contributed by atoms with Crippen LogP contribution in [0.15, 0.2) is 11.6 Å². The van der Waals surface area contributed by atoms with E-state index in [0.717, 1.165) is 32.1 Å². The molecule has 22 heteroatoms. The molecule has 22 nitrogen and oxygen atoms in total. The van der Waals surface area contributed by atoms with Crippen molar-refractivity contribution in [1.29, 1.82) is 0 Å². The number of carbonyl (C=O) groups is 1. The lowest BCUT2D eigenvalue weighted by molar-refractivity contribution is -0.389. The number of allylic oxidation sites excluding steroid dienone is 2. The fraction of sp³-hybridized carbons (Fsp3) is 0.943. The molecule has 4 heterocycles. The maximum atomic E-state index is 14.8. The van der Waals surface area contributed by atoms with Crippen molar-refractivity contribution in [3.63, 3.8) is 0 Å². The van der Waals surface area contributed by atoms with E-state index in [1.807, 2.05) is 0 Å². The van der Waals surface area contributed by atoms with Crippen LogP contribution >= 0.6 is 0 Å². The molecule has 4 saturated heterocycles. The molecule has 0 spiro atoms. The lowest BCUT2D eigenvalue weighted by atomic mass is 9.33. The quantitative estimate of drug-likeness (QED) is 0.0633. The van der Waals surface area contributed by atoms with Crippen LogP contribution in [-0.2, 0) is 42.7 Å². The minimum Gasteiger partial charge on any atom is -0.432 e. The summed E-state index contributed by atoms with van der Waals surface area (Å²) in [6.07, 6.45) is -22.4. The zero-order valence-corrected chi connectivity index (χ0v) is 44.2. The maximum Gasteiger partial charge on any atom is 0.315 e. The SMILES string of the molecule is CC1CCC2(C(=O)OC3OC(CO)C(O)C(O)C3O)CCC3(C)C(=CCC4C5(C)CCC(OC6OCC(O)C(OC7OC(CO)C(O)C(O)C7O)C6OC6OC(CO)C(O)C(O)C6O)C(C)(C)C5CCC43C)C2C1C. The van der Waals surface area contributed by atoms with Gasteiger partial charge in [0.2, 0.25) is 6.29 Å². The molecule has 29 unspecified atom stereocenters. The van der Waals surface area contributed by atoms with Crippen LogP contribution in [0.25, 0.3) is 0 Å². The molecule has 0 amide bonds. The van der Waals surface area contributed by atoms with Gasteiger partial charge in [0.05, 0.1) is 37.9 Å². The zero-order valence-electron chi connectivity index (χ0n) is 44.2. The van der Waals surface area contributed by atoms with E-state index < -0.39 is 159 Å². The summed E-state index contributed by atoms with van der Waals surface area (Å²) in [5.74, 6) is 0.0269. The standard InChI is InChI=1S/C53H86O22/c1-22-10-15-53(48(67)75-46-41(66)38(63)35(60)28(20-56)71-46)17-16-51(6)24(32(53)23(22)2)8-9-30-50(5)13-12-31(49(3,4)29(50)11-14-52(30,51)7)72-47-43(74-45-40(65)37(62)34(59)27(19-55)70-45)42(25(57)21-68-47)73-44-39(64)36(61)33(58)26(18-54)69-44/h8,22-23,25-47,54-66H,9-21H2,1-7H3. The molecule has 4 aliphatic heterocycles. The Labute approximate surface area is 437 Å². The highest BCUT2D eigenvalue weighted by atomic mass is 16.8. The highest BCUT2D eigenvalue weighted by molar-refractivity contribution is 5.79. The molecule has 0 radical (unpaired) electrons. The largest absolute Gasteiger partial charge is 0.432 e. The number of carbonyl (C=O) groups excluding carboxylic acids is 1. The number of esters is 1. The van der Waals surface area contributed by atoms with E-state index >= 15 is 0 Å². The number of rotatable bonds is 11. The van der Waals surface area contributed by atoms with Crippen LogP contribution in [0.1, 0.15) is 106 Å². The Bertz CT molecular complexity index is 2040. The van der Waals surface area contributed by atoms with E-state index in [-0.39, 0.29) is 46.5 Å². The van der Waals surface area contributed by atoms with E-state index in [0.29, 0.717) is 31.6 Å². The van der Waals surface area contributed by atoms with Crippen molar-refractivity contribution < 1.29 is 109 Å². The highest BCUT2D eigenvalue weighted by Gasteiger charge is 2.70. The maximum absolute atomic E-state index is 14.8. The summed E-state index contributed by atoms with van der Waals surface area (Å²) in [4.78, 5) is 14.8. The van der Waals surface area contributed by atoms with Crippen LogP contribution < -0.4 is 0 Å². The van der Waals surface area contributed by atoms with Crippen molar-refractivity contribution in [3.8, 4) is 0 Å². The van der Waals surface area contributed by atoms with Gasteiger partial charge in [-0.05, 0) is 109 Å². The van der Waals surface area contributed by atoms with Crippen molar-refractivity contribution in [2.75, 3.05) is 26.4 Å². The van der Waals surface area contributed by atoms with Gasteiger partial charge >= 0.3 is 5.97 Å². The smallest absolute Gasteiger partial charge is 0.315 e. The predicted molar refractivity (Wildman–Crippen MR) is 257 cm³/mol. The number of hydrogen-bond acceptors (Lipinski definition) is 22. The van der Waals surface area contributed by atoms with Crippen LogP contribution in [0.5, 0.6) is 0 Å². The van der Waals surface area contributed by atoms with Crippen molar-refractivity contribution in [3.05, 3.63) is 11.6 Å². The van der Waals surface area contributed by atoms with Gasteiger partial charge in [-0.15, -0.1) is 0 Å². The third-order valence-corrected chi connectivity index (χ3v) is 21.4. The van der Waals surface area contributed by atoms with Crippen LogP contribution in [-0.4, -0.2) is 222 Å². The van der Waals surface area contributed by atoms with Crippen LogP contribution in [0.4, 0.5) is 0 Å². The molecular weight excluding hydrogens is 989 g/mol. The Kier molecular flexibility index (Phi) is 16.6. The second-order valence-electron chi connectivity index (χ2n) is 25.3. The molecule has 13 N–H and O–H groups in total. The number of aliphatic hydroxyl groups excluding tert-OH is 13. The van der Waals surface area contributed by atoms with Gasteiger partial charge in [0.15, 0.2) is 18.9 Å². The van der Waals surface area contributed by atoms with Gasteiger partial charge in [-0.3, -0.25) is 4.79 Å². The molecule has 75 heavy (non-hydrogen) atoms. The number of fused-ring (bicyclic) bond motifs is 7. The second-order valence-corrected chi connectivity index (χ2v) is 25.3. The average molecular weight is 1080 g/mol. The second kappa shape index (κ2) is 21.4. The summed E-state index contributed by atoms with van der Waals surface area (Å²) in [6, 6.07) is 0. The van der Waals surface area contributed by atoms with Gasteiger partial charge < -0.3 is 104 Å². The molecule has 0 aromatic heterocycles. The molecule has 0 aromatic carbocycles. The van der Waals surface area contributed by atoms with E-state index in [9.17, 15) is 71.2 Å². The van der Waals surface area contributed by atoms with E-state index in [4.69, 9.17) is 37.9 Å². The van der Waals surface area contributed by atoms with Crippen LogP contribution in [0, 0.1) is 56.7 Å². The van der Waals surface area contributed by atoms with Crippen molar-refractivity contribution in [2.24, 2.45) is 56.7 Å². The molecule has 29 atom stereocenters. The summed E-state index contributed by atoms with van der Waals surface area (Å²) in [6.45, 7) is 13.4. The molecule has 8 fully saturated rings. The summed E-state index contributed by atoms with van der Waals surface area (Å²) >= 11 is 0. The molecule has 0 aromatic rings. The number of ether oxygens (including phenoxy) is 8. The molecule has 5 aliphatic carbocycles. The van der Waals surface area contributed by atoms with E-state index in [2.05, 4.69) is 54.5 Å². The van der Waals surface area contributed by atoms with Crippen molar-refractivity contribution in [2.45, 2.75) is 229 Å². The first-order valence-electron chi connectivity index (χ1n) is 27.4. The zero-order chi connectivity index (χ0) is 54.6.